The molecular formula is C16H28N2O3. The summed E-state index contributed by atoms with van der Waals surface area (Å²) in [6.07, 6.45) is 6.78. The average molecular weight is 296 g/mol. The van der Waals surface area contributed by atoms with Gasteiger partial charge in [-0.3, -0.25) is 9.69 Å². The minimum Gasteiger partial charge on any atom is -0.444 e. The van der Waals surface area contributed by atoms with Crippen LogP contribution < -0.4 is 5.32 Å². The molecule has 1 aliphatic heterocycles. The van der Waals surface area contributed by atoms with Crippen molar-refractivity contribution in [2.45, 2.75) is 83.4 Å². The highest BCUT2D eigenvalue weighted by atomic mass is 16.6. The van der Waals surface area contributed by atoms with Crippen molar-refractivity contribution in [1.29, 1.82) is 0 Å². The van der Waals surface area contributed by atoms with E-state index in [2.05, 4.69) is 5.32 Å². The summed E-state index contributed by atoms with van der Waals surface area (Å²) in [4.78, 5) is 26.4. The number of amides is 2. The second-order valence-corrected chi connectivity index (χ2v) is 7.18. The Morgan fingerprint density at radius 2 is 1.67 bits per heavy atom. The maximum absolute atomic E-state index is 12.5. The minimum absolute atomic E-state index is 0.00698. The number of ether oxygens (including phenoxy) is 1. The van der Waals surface area contributed by atoms with Gasteiger partial charge in [-0.2, -0.15) is 0 Å². The number of hydrogen-bond acceptors (Lipinski definition) is 3. The lowest BCUT2D eigenvalue weighted by molar-refractivity contribution is -0.128. The van der Waals surface area contributed by atoms with Crippen LogP contribution in [0.4, 0.5) is 4.79 Å². The van der Waals surface area contributed by atoms with Crippen molar-refractivity contribution in [3.63, 3.8) is 0 Å². The fourth-order valence-corrected chi connectivity index (χ4v) is 3.11. The molecule has 0 aromatic carbocycles. The summed E-state index contributed by atoms with van der Waals surface area (Å²) < 4.78 is 5.43. The van der Waals surface area contributed by atoms with E-state index < -0.39 is 5.60 Å². The molecule has 1 heterocycles. The Morgan fingerprint density at radius 3 is 2.29 bits per heavy atom. The van der Waals surface area contributed by atoms with E-state index in [4.69, 9.17) is 4.74 Å². The Labute approximate surface area is 127 Å². The maximum atomic E-state index is 12.5. The number of carbonyl (C=O) groups excluding carboxylic acids is 2. The first-order chi connectivity index (χ1) is 9.87. The molecule has 1 atom stereocenters. The van der Waals surface area contributed by atoms with Crippen molar-refractivity contribution >= 4 is 12.0 Å². The van der Waals surface area contributed by atoms with Crippen LogP contribution in [0.25, 0.3) is 0 Å². The topological polar surface area (TPSA) is 58.6 Å². The van der Waals surface area contributed by atoms with Gasteiger partial charge in [0.05, 0.1) is 0 Å². The van der Waals surface area contributed by atoms with Crippen molar-refractivity contribution < 1.29 is 14.3 Å². The van der Waals surface area contributed by atoms with Crippen LogP contribution in [0.1, 0.15) is 65.7 Å². The van der Waals surface area contributed by atoms with Gasteiger partial charge in [0.15, 0.2) is 0 Å². The number of piperidine rings is 1. The third-order valence-corrected chi connectivity index (χ3v) is 4.14. The molecule has 5 nitrogen and oxygen atoms in total. The van der Waals surface area contributed by atoms with E-state index in [1.165, 1.54) is 12.8 Å². The number of hydrogen-bond donors (Lipinski definition) is 1. The van der Waals surface area contributed by atoms with E-state index in [1.807, 2.05) is 20.8 Å². The number of likely N-dealkylation sites (tertiary alicyclic amines) is 1. The third kappa shape index (κ3) is 4.61. The van der Waals surface area contributed by atoms with Crippen LogP contribution in [0.2, 0.25) is 0 Å². The fraction of sp³-hybridized carbons (Fsp3) is 0.875. The summed E-state index contributed by atoms with van der Waals surface area (Å²) in [6, 6.07) is -0.0749. The van der Waals surface area contributed by atoms with E-state index in [9.17, 15) is 9.59 Å². The van der Waals surface area contributed by atoms with E-state index in [0.29, 0.717) is 12.6 Å². The molecule has 2 amide bonds. The second-order valence-electron chi connectivity index (χ2n) is 7.18. The molecule has 2 rings (SSSR count). The highest BCUT2D eigenvalue weighted by molar-refractivity contribution is 5.86. The lowest BCUT2D eigenvalue weighted by Crippen LogP contribution is -2.54. The third-order valence-electron chi connectivity index (χ3n) is 4.14. The van der Waals surface area contributed by atoms with E-state index in [0.717, 1.165) is 32.1 Å². The largest absolute Gasteiger partial charge is 0.444 e. The summed E-state index contributed by atoms with van der Waals surface area (Å²) in [5.41, 5.74) is -0.527. The Morgan fingerprint density at radius 1 is 1.05 bits per heavy atom. The molecule has 2 fully saturated rings. The first-order valence-electron chi connectivity index (χ1n) is 8.17. The van der Waals surface area contributed by atoms with Crippen LogP contribution in [0, 0.1) is 0 Å². The van der Waals surface area contributed by atoms with Crippen LogP contribution >= 0.6 is 0 Å². The molecule has 0 aromatic rings. The zero-order valence-corrected chi connectivity index (χ0v) is 13.5. The van der Waals surface area contributed by atoms with Gasteiger partial charge in [0.2, 0.25) is 5.91 Å². The smallest absolute Gasteiger partial charge is 0.410 e. The second kappa shape index (κ2) is 6.67. The molecular weight excluding hydrogens is 268 g/mol. The fourth-order valence-electron chi connectivity index (χ4n) is 3.11. The van der Waals surface area contributed by atoms with Crippen molar-refractivity contribution in [2.24, 2.45) is 0 Å². The monoisotopic (exact) mass is 296 g/mol. The molecule has 0 spiro atoms. The number of nitrogens with one attached hydrogen (secondary N) is 1. The lowest BCUT2D eigenvalue weighted by Gasteiger charge is -2.36. The Bertz CT molecular complexity index is 383. The Hall–Kier alpha value is -1.26. The van der Waals surface area contributed by atoms with Crippen LogP contribution in [0.5, 0.6) is 0 Å². The summed E-state index contributed by atoms with van der Waals surface area (Å²) in [5.74, 6) is -0.00698. The minimum atomic E-state index is -0.527. The molecule has 1 N–H and O–H groups in total. The van der Waals surface area contributed by atoms with E-state index >= 15 is 0 Å². The SMILES string of the molecule is CC(C)(C)OC(=O)N1CCCCC1C(=O)NC1CCCC1. The zero-order chi connectivity index (χ0) is 15.5. The summed E-state index contributed by atoms with van der Waals surface area (Å²) in [6.45, 7) is 6.16. The lowest BCUT2D eigenvalue weighted by atomic mass is 10.0. The Balaban J connectivity index is 1.97. The van der Waals surface area contributed by atoms with E-state index in [-0.39, 0.29) is 18.0 Å². The standard InChI is InChI=1S/C16H28N2O3/c1-16(2,3)21-15(20)18-11-7-6-10-13(18)14(19)17-12-8-4-5-9-12/h12-13H,4-11H2,1-3H3,(H,17,19). The molecule has 1 aliphatic carbocycles. The van der Waals surface area contributed by atoms with Crippen LogP contribution in [0.3, 0.4) is 0 Å². The predicted octanol–water partition coefficient (Wildman–Crippen LogP) is 2.83. The zero-order valence-electron chi connectivity index (χ0n) is 13.5. The molecule has 1 saturated heterocycles. The Kier molecular flexibility index (Phi) is 5.12. The molecule has 1 saturated carbocycles. The number of rotatable bonds is 2. The molecule has 1 unspecified atom stereocenters. The van der Waals surface area contributed by atoms with Gasteiger partial charge in [0, 0.05) is 12.6 Å². The van der Waals surface area contributed by atoms with Gasteiger partial charge in [-0.1, -0.05) is 12.8 Å². The van der Waals surface area contributed by atoms with Gasteiger partial charge >= 0.3 is 6.09 Å². The normalized spacial score (nSPS) is 24.0. The van der Waals surface area contributed by atoms with Crippen molar-refractivity contribution in [3.05, 3.63) is 0 Å². The van der Waals surface area contributed by atoms with Crippen molar-refractivity contribution in [3.8, 4) is 0 Å². The van der Waals surface area contributed by atoms with Crippen molar-refractivity contribution in [2.75, 3.05) is 6.54 Å². The average Bonchev–Trinajstić information content (AvgIpc) is 2.89. The van der Waals surface area contributed by atoms with Gasteiger partial charge in [0.1, 0.15) is 11.6 Å². The van der Waals surface area contributed by atoms with Crippen LogP contribution in [-0.4, -0.2) is 41.1 Å². The van der Waals surface area contributed by atoms with E-state index in [1.54, 1.807) is 4.90 Å². The van der Waals surface area contributed by atoms with Gasteiger partial charge in [-0.25, -0.2) is 4.79 Å². The summed E-state index contributed by atoms with van der Waals surface area (Å²) in [7, 11) is 0. The van der Waals surface area contributed by atoms with Gasteiger partial charge < -0.3 is 10.1 Å². The highest BCUT2D eigenvalue weighted by Gasteiger charge is 2.35. The van der Waals surface area contributed by atoms with Gasteiger partial charge in [0.25, 0.3) is 0 Å². The molecule has 0 aromatic heterocycles. The maximum Gasteiger partial charge on any atom is 0.410 e. The molecule has 0 bridgehead atoms. The first kappa shape index (κ1) is 16.1. The molecule has 5 heteroatoms. The predicted molar refractivity (Wildman–Crippen MR) is 81.0 cm³/mol. The molecule has 2 aliphatic rings. The van der Waals surface area contributed by atoms with Crippen LogP contribution in [0.15, 0.2) is 0 Å². The number of nitrogens with zero attached hydrogens (tertiary/aromatic N) is 1. The summed E-state index contributed by atoms with van der Waals surface area (Å²) in [5, 5.41) is 3.11. The highest BCUT2D eigenvalue weighted by Crippen LogP contribution is 2.22. The van der Waals surface area contributed by atoms with Gasteiger partial charge in [-0.15, -0.1) is 0 Å². The molecule has 120 valence electrons. The molecule has 0 radical (unpaired) electrons. The van der Waals surface area contributed by atoms with Crippen molar-refractivity contribution in [1.82, 2.24) is 10.2 Å². The first-order valence-corrected chi connectivity index (χ1v) is 8.17. The molecule has 21 heavy (non-hydrogen) atoms. The number of carbonyl (C=O) groups is 2. The van der Waals surface area contributed by atoms with Gasteiger partial charge in [-0.05, 0) is 52.9 Å². The van der Waals surface area contributed by atoms with Crippen LogP contribution in [-0.2, 0) is 9.53 Å². The summed E-state index contributed by atoms with van der Waals surface area (Å²) >= 11 is 0. The quantitative estimate of drug-likeness (QED) is 0.852.